The van der Waals surface area contributed by atoms with E-state index in [1.54, 1.807) is 0 Å². The Morgan fingerprint density at radius 3 is 2.38 bits per heavy atom. The molecule has 4 nitrogen and oxygen atoms in total. The number of allylic oxidation sites excluding steroid dienone is 1. The summed E-state index contributed by atoms with van der Waals surface area (Å²) in [6.45, 7) is 22.9. The highest BCUT2D eigenvalue weighted by atomic mass is 16.2. The summed E-state index contributed by atoms with van der Waals surface area (Å²) in [4.78, 5) is 29.9. The molecular weight excluding hydrogens is 480 g/mol. The van der Waals surface area contributed by atoms with Crippen LogP contribution in [-0.2, 0) is 9.59 Å². The van der Waals surface area contributed by atoms with Gasteiger partial charge >= 0.3 is 0 Å². The van der Waals surface area contributed by atoms with Crippen molar-refractivity contribution in [3.63, 3.8) is 0 Å². The normalized spacial score (nSPS) is 49.2. The SMILES string of the molecule is C=C(C)[C@@H]1CC[C@]2(C(=O)N3CCCNCC3)CC[C@]3(C)[C@H](CC[C@@H]4[C@@]5(C)CCC(=O)C(C)(C)[C@@H]5CC[C@]43C)[C@@H]12. The zero-order valence-corrected chi connectivity index (χ0v) is 26.0. The number of rotatable bonds is 2. The lowest BCUT2D eigenvalue weighted by Gasteiger charge is -2.72. The first-order valence-electron chi connectivity index (χ1n) is 16.5. The van der Waals surface area contributed by atoms with Gasteiger partial charge in [-0.15, -0.1) is 0 Å². The van der Waals surface area contributed by atoms with E-state index in [2.05, 4.69) is 58.3 Å². The highest BCUT2D eigenvalue weighted by Crippen LogP contribution is 2.77. The molecule has 218 valence electrons. The Morgan fingerprint density at radius 1 is 0.872 bits per heavy atom. The summed E-state index contributed by atoms with van der Waals surface area (Å²) < 4.78 is 0. The monoisotopic (exact) mass is 536 g/mol. The lowest BCUT2D eigenvalue weighted by molar-refractivity contribution is -0.234. The van der Waals surface area contributed by atoms with E-state index >= 15 is 0 Å². The summed E-state index contributed by atoms with van der Waals surface area (Å²) in [5.74, 6) is 3.64. The first-order chi connectivity index (χ1) is 18.3. The Hall–Kier alpha value is -1.16. The minimum atomic E-state index is -0.196. The standard InChI is InChI=1S/C35H56N2O2/c1-23(2)24-11-16-35(30(39)37-21-8-19-36-20-22-37)18-17-33(6)25(29(24)35)9-10-27-32(5)14-13-28(38)31(3,4)26(32)12-15-34(27,33)7/h24-27,29,36H,1,8-22H2,2-7H3/t24-,25+,26-,27+,29+,32-,33+,34+,35-/m0/s1. The van der Waals surface area contributed by atoms with E-state index in [0.29, 0.717) is 41.3 Å². The Balaban J connectivity index is 1.38. The quantitative estimate of drug-likeness (QED) is 0.385. The van der Waals surface area contributed by atoms with E-state index in [-0.39, 0.29) is 27.1 Å². The van der Waals surface area contributed by atoms with Crippen LogP contribution >= 0.6 is 0 Å². The van der Waals surface area contributed by atoms with Gasteiger partial charge in [-0.3, -0.25) is 9.59 Å². The van der Waals surface area contributed by atoms with Crippen LogP contribution in [0.1, 0.15) is 112 Å². The molecule has 6 rings (SSSR count). The number of fused-ring (bicyclic) bond motifs is 7. The van der Waals surface area contributed by atoms with Crippen LogP contribution in [0.2, 0.25) is 0 Å². The first kappa shape index (κ1) is 28.0. The topological polar surface area (TPSA) is 49.4 Å². The molecule has 0 aromatic rings. The maximum absolute atomic E-state index is 14.6. The molecule has 0 aromatic carbocycles. The van der Waals surface area contributed by atoms with Gasteiger partial charge in [-0.25, -0.2) is 0 Å². The molecule has 39 heavy (non-hydrogen) atoms. The molecule has 1 aliphatic heterocycles. The van der Waals surface area contributed by atoms with Crippen LogP contribution in [0.25, 0.3) is 0 Å². The van der Waals surface area contributed by atoms with Gasteiger partial charge in [0.1, 0.15) is 5.78 Å². The minimum absolute atomic E-state index is 0.193. The lowest BCUT2D eigenvalue weighted by atomic mass is 9.32. The van der Waals surface area contributed by atoms with Crippen molar-refractivity contribution in [3.05, 3.63) is 12.2 Å². The van der Waals surface area contributed by atoms with Gasteiger partial charge < -0.3 is 10.2 Å². The molecule has 9 atom stereocenters. The number of hydrogen-bond donors (Lipinski definition) is 1. The molecule has 4 heteroatoms. The number of ketones is 1. The van der Waals surface area contributed by atoms with Crippen LogP contribution in [0.4, 0.5) is 0 Å². The van der Waals surface area contributed by atoms with E-state index in [1.807, 2.05) is 0 Å². The summed E-state index contributed by atoms with van der Waals surface area (Å²) in [5, 5.41) is 3.51. The summed E-state index contributed by atoms with van der Waals surface area (Å²) in [7, 11) is 0. The van der Waals surface area contributed by atoms with E-state index < -0.39 is 0 Å². The fourth-order valence-corrected chi connectivity index (χ4v) is 12.7. The molecule has 0 unspecified atom stereocenters. The van der Waals surface area contributed by atoms with Crippen LogP contribution in [0, 0.1) is 56.7 Å². The lowest BCUT2D eigenvalue weighted by Crippen LogP contribution is -2.67. The zero-order valence-electron chi connectivity index (χ0n) is 26.0. The molecule has 1 amide bonds. The van der Waals surface area contributed by atoms with E-state index in [4.69, 9.17) is 0 Å². The molecule has 0 radical (unpaired) electrons. The third-order valence-corrected chi connectivity index (χ3v) is 14.9. The Morgan fingerprint density at radius 2 is 1.64 bits per heavy atom. The van der Waals surface area contributed by atoms with Gasteiger partial charge in [-0.2, -0.15) is 0 Å². The third-order valence-electron chi connectivity index (χ3n) is 14.9. The number of amides is 1. The van der Waals surface area contributed by atoms with Crippen LogP contribution < -0.4 is 5.32 Å². The number of carbonyl (C=O) groups excluding carboxylic acids is 2. The molecule has 0 spiro atoms. The molecule has 6 fully saturated rings. The second kappa shape index (κ2) is 9.17. The Bertz CT molecular complexity index is 1040. The molecule has 6 aliphatic rings. The van der Waals surface area contributed by atoms with Crippen molar-refractivity contribution >= 4 is 11.7 Å². The van der Waals surface area contributed by atoms with Gasteiger partial charge in [0.15, 0.2) is 0 Å². The first-order valence-corrected chi connectivity index (χ1v) is 16.5. The molecule has 0 aromatic heterocycles. The fraction of sp³-hybridized carbons (Fsp3) is 0.886. The van der Waals surface area contributed by atoms with Crippen molar-refractivity contribution in [1.82, 2.24) is 10.2 Å². The van der Waals surface area contributed by atoms with Crippen LogP contribution in [0.5, 0.6) is 0 Å². The molecule has 1 N–H and O–H groups in total. The number of Topliss-reactive ketones (excluding diaryl/α,β-unsaturated/α-hetero) is 1. The highest BCUT2D eigenvalue weighted by molar-refractivity contribution is 5.85. The predicted octanol–water partition coefficient (Wildman–Crippen LogP) is 7.04. The van der Waals surface area contributed by atoms with Crippen molar-refractivity contribution in [2.75, 3.05) is 26.2 Å². The van der Waals surface area contributed by atoms with Gasteiger partial charge in [0, 0.05) is 31.5 Å². The largest absolute Gasteiger partial charge is 0.341 e. The van der Waals surface area contributed by atoms with Gasteiger partial charge in [0.05, 0.1) is 5.41 Å². The molecule has 1 heterocycles. The number of carbonyl (C=O) groups is 2. The maximum Gasteiger partial charge on any atom is 0.229 e. The molecule has 1 saturated heterocycles. The van der Waals surface area contributed by atoms with Gasteiger partial charge in [-0.1, -0.05) is 46.8 Å². The van der Waals surface area contributed by atoms with Crippen molar-refractivity contribution in [2.24, 2.45) is 56.7 Å². The summed E-state index contributed by atoms with van der Waals surface area (Å²) in [6, 6.07) is 0. The smallest absolute Gasteiger partial charge is 0.229 e. The summed E-state index contributed by atoms with van der Waals surface area (Å²) in [6.07, 6.45) is 12.3. The van der Waals surface area contributed by atoms with Crippen LogP contribution in [-0.4, -0.2) is 42.8 Å². The summed E-state index contributed by atoms with van der Waals surface area (Å²) >= 11 is 0. The molecular formula is C35H56N2O2. The Kier molecular flexibility index (Phi) is 6.58. The maximum atomic E-state index is 14.6. The van der Waals surface area contributed by atoms with Crippen molar-refractivity contribution in [3.8, 4) is 0 Å². The van der Waals surface area contributed by atoms with Crippen molar-refractivity contribution in [2.45, 2.75) is 112 Å². The van der Waals surface area contributed by atoms with Gasteiger partial charge in [-0.05, 0) is 124 Å². The molecule has 0 bridgehead atoms. The van der Waals surface area contributed by atoms with Gasteiger partial charge in [0.25, 0.3) is 0 Å². The number of nitrogens with one attached hydrogen (secondary N) is 1. The van der Waals surface area contributed by atoms with Crippen LogP contribution in [0.15, 0.2) is 12.2 Å². The predicted molar refractivity (Wildman–Crippen MR) is 158 cm³/mol. The average Bonchev–Trinajstić information content (AvgIpc) is 3.08. The average molecular weight is 537 g/mol. The van der Waals surface area contributed by atoms with E-state index in [1.165, 1.54) is 37.7 Å². The minimum Gasteiger partial charge on any atom is -0.341 e. The second-order valence-corrected chi connectivity index (χ2v) is 16.4. The van der Waals surface area contributed by atoms with Crippen LogP contribution in [0.3, 0.4) is 0 Å². The number of nitrogens with zero attached hydrogens (tertiary/aromatic N) is 1. The fourth-order valence-electron chi connectivity index (χ4n) is 12.7. The van der Waals surface area contributed by atoms with Crippen molar-refractivity contribution in [1.29, 1.82) is 0 Å². The molecule has 5 aliphatic carbocycles. The second-order valence-electron chi connectivity index (χ2n) is 16.4. The van der Waals surface area contributed by atoms with E-state index in [0.717, 1.165) is 64.7 Å². The van der Waals surface area contributed by atoms with Crippen molar-refractivity contribution < 1.29 is 9.59 Å². The molecule has 5 saturated carbocycles. The highest BCUT2D eigenvalue weighted by Gasteiger charge is 2.72. The zero-order chi connectivity index (χ0) is 28.0. The van der Waals surface area contributed by atoms with E-state index in [9.17, 15) is 9.59 Å². The third kappa shape index (κ3) is 3.64. The Labute approximate surface area is 238 Å². The summed E-state index contributed by atoms with van der Waals surface area (Å²) in [5.41, 5.74) is 1.67. The van der Waals surface area contributed by atoms with Gasteiger partial charge in [0.2, 0.25) is 5.91 Å². The number of hydrogen-bond acceptors (Lipinski definition) is 3.